The molecule has 0 aromatic heterocycles. The highest BCUT2D eigenvalue weighted by Crippen LogP contribution is 2.45. The minimum absolute atomic E-state index is 0.0260. The number of carbonyl (C=O) groups is 2. The Bertz CT molecular complexity index is 674. The van der Waals surface area contributed by atoms with Crippen molar-refractivity contribution in [2.24, 2.45) is 5.92 Å². The molecule has 1 aliphatic carbocycles. The molecule has 1 aromatic carbocycles. The molecule has 0 bridgehead atoms. The van der Waals surface area contributed by atoms with Gasteiger partial charge in [-0.1, -0.05) is 25.3 Å². The number of ether oxygens (including phenoxy) is 2. The molecule has 1 amide bonds. The topological polar surface area (TPSA) is 76.1 Å². The number of hydrogen-bond donors (Lipinski definition) is 1. The Morgan fingerprint density at radius 2 is 1.81 bits per heavy atom. The Morgan fingerprint density at radius 3 is 2.42 bits per heavy atom. The zero-order valence-electron chi connectivity index (χ0n) is 15.1. The second-order valence-electron chi connectivity index (χ2n) is 6.73. The Hall–Kier alpha value is -1.89. The lowest BCUT2D eigenvalue weighted by Gasteiger charge is -2.32. The highest BCUT2D eigenvalue weighted by molar-refractivity contribution is 7.99. The summed E-state index contributed by atoms with van der Waals surface area (Å²) in [6.07, 6.45) is 4.93. The molecule has 0 radical (unpaired) electrons. The summed E-state index contributed by atoms with van der Waals surface area (Å²) < 4.78 is 10.6. The third kappa shape index (κ3) is 3.63. The number of rotatable bonds is 5. The molecule has 1 saturated carbocycles. The van der Waals surface area contributed by atoms with Crippen molar-refractivity contribution in [3.05, 3.63) is 23.8 Å². The first-order valence-corrected chi connectivity index (χ1v) is 10.00. The van der Waals surface area contributed by atoms with E-state index in [4.69, 9.17) is 9.47 Å². The van der Waals surface area contributed by atoms with Crippen molar-refractivity contribution in [1.82, 2.24) is 4.90 Å². The van der Waals surface area contributed by atoms with Crippen LogP contribution in [0.2, 0.25) is 0 Å². The van der Waals surface area contributed by atoms with Gasteiger partial charge in [-0.15, -0.1) is 11.8 Å². The molecule has 2 fully saturated rings. The Morgan fingerprint density at radius 1 is 1.12 bits per heavy atom. The summed E-state index contributed by atoms with van der Waals surface area (Å²) >= 11 is 1.49. The van der Waals surface area contributed by atoms with Gasteiger partial charge in [0, 0.05) is 11.7 Å². The maximum atomic E-state index is 13.2. The summed E-state index contributed by atoms with van der Waals surface area (Å²) in [6.45, 7) is 0. The quantitative estimate of drug-likeness (QED) is 0.846. The lowest BCUT2D eigenvalue weighted by molar-refractivity contribution is -0.151. The lowest BCUT2D eigenvalue weighted by atomic mass is 9.88. The second-order valence-corrected chi connectivity index (χ2v) is 7.85. The highest BCUT2D eigenvalue weighted by Gasteiger charge is 2.44. The fourth-order valence-electron chi connectivity index (χ4n) is 3.79. The van der Waals surface area contributed by atoms with Gasteiger partial charge in [-0.25, -0.2) is 4.79 Å². The molecular formula is C19H25NO5S. The number of aliphatic carboxylic acids is 1. The average Bonchev–Trinajstić information content (AvgIpc) is 3.12. The highest BCUT2D eigenvalue weighted by atomic mass is 32.2. The van der Waals surface area contributed by atoms with Crippen LogP contribution in [0.1, 0.15) is 43.0 Å². The van der Waals surface area contributed by atoms with Crippen molar-refractivity contribution in [2.45, 2.75) is 43.5 Å². The van der Waals surface area contributed by atoms with Crippen LogP contribution in [-0.4, -0.2) is 47.9 Å². The number of carbonyl (C=O) groups excluding carboxylic acids is 1. The third-order valence-electron chi connectivity index (χ3n) is 5.19. The van der Waals surface area contributed by atoms with Gasteiger partial charge in [-0.05, 0) is 30.5 Å². The molecule has 142 valence electrons. The van der Waals surface area contributed by atoms with E-state index in [1.807, 2.05) is 12.1 Å². The van der Waals surface area contributed by atoms with Gasteiger partial charge in [0.2, 0.25) is 5.91 Å². The van der Waals surface area contributed by atoms with E-state index in [2.05, 4.69) is 0 Å². The maximum Gasteiger partial charge on any atom is 0.327 e. The smallest absolute Gasteiger partial charge is 0.327 e. The number of methoxy groups -OCH3 is 2. The molecule has 1 aliphatic heterocycles. The number of hydrogen-bond acceptors (Lipinski definition) is 5. The van der Waals surface area contributed by atoms with E-state index >= 15 is 0 Å². The van der Waals surface area contributed by atoms with Gasteiger partial charge in [0.1, 0.15) is 11.4 Å². The van der Waals surface area contributed by atoms with Crippen LogP contribution >= 0.6 is 11.8 Å². The molecule has 1 heterocycles. The van der Waals surface area contributed by atoms with Gasteiger partial charge < -0.3 is 19.5 Å². The monoisotopic (exact) mass is 379 g/mol. The summed E-state index contributed by atoms with van der Waals surface area (Å²) in [5.41, 5.74) is 0.862. The number of nitrogens with zero attached hydrogens (tertiary/aromatic N) is 1. The van der Waals surface area contributed by atoms with Gasteiger partial charge in [0.05, 0.1) is 14.2 Å². The summed E-state index contributed by atoms with van der Waals surface area (Å²) in [4.78, 5) is 26.5. The van der Waals surface area contributed by atoms with Crippen molar-refractivity contribution >= 4 is 23.6 Å². The summed E-state index contributed by atoms with van der Waals surface area (Å²) in [6, 6.07) is 4.73. The average molecular weight is 379 g/mol. The Kier molecular flexibility index (Phi) is 5.96. The first kappa shape index (κ1) is 18.9. The number of amides is 1. The predicted octanol–water partition coefficient (Wildman–Crippen LogP) is 3.31. The summed E-state index contributed by atoms with van der Waals surface area (Å²) in [5, 5.41) is 9.31. The molecular weight excluding hydrogens is 354 g/mol. The largest absolute Gasteiger partial charge is 0.493 e. The fourth-order valence-corrected chi connectivity index (χ4v) is 5.21. The summed E-state index contributed by atoms with van der Waals surface area (Å²) in [7, 11) is 3.13. The van der Waals surface area contributed by atoms with Crippen LogP contribution in [0.5, 0.6) is 11.5 Å². The van der Waals surface area contributed by atoms with E-state index in [9.17, 15) is 14.7 Å². The molecule has 2 aliphatic rings. The van der Waals surface area contributed by atoms with E-state index < -0.39 is 12.0 Å². The van der Waals surface area contributed by atoms with Crippen LogP contribution < -0.4 is 9.47 Å². The number of carboxylic acid groups (broad SMARTS) is 1. The van der Waals surface area contributed by atoms with Gasteiger partial charge in [0.25, 0.3) is 0 Å². The fraction of sp³-hybridized carbons (Fsp3) is 0.579. The van der Waals surface area contributed by atoms with E-state index in [1.54, 1.807) is 25.2 Å². The molecule has 2 atom stereocenters. The molecule has 0 unspecified atom stereocenters. The SMILES string of the molecule is COc1ccc([C@H]2SC[C@H](C(=O)O)N2C(=O)C2CCCCC2)cc1OC. The standard InChI is InChI=1S/C19H25NO5S/c1-24-15-9-8-13(10-16(15)25-2)18-20(14(11-26-18)19(22)23)17(21)12-6-4-3-5-7-12/h8-10,12,14,18H,3-7,11H2,1-2H3,(H,22,23)/t14-,18-/m1/s1. The second kappa shape index (κ2) is 8.20. The van der Waals surface area contributed by atoms with E-state index in [0.29, 0.717) is 17.3 Å². The van der Waals surface area contributed by atoms with Crippen molar-refractivity contribution < 1.29 is 24.2 Å². The molecule has 1 N–H and O–H groups in total. The van der Waals surface area contributed by atoms with Crippen LogP contribution in [0.3, 0.4) is 0 Å². The van der Waals surface area contributed by atoms with Gasteiger partial charge >= 0.3 is 5.97 Å². The Balaban J connectivity index is 1.91. The summed E-state index contributed by atoms with van der Waals surface area (Å²) in [5.74, 6) is 0.555. The van der Waals surface area contributed by atoms with Gasteiger partial charge in [-0.3, -0.25) is 4.79 Å². The van der Waals surface area contributed by atoms with Gasteiger partial charge in [-0.2, -0.15) is 0 Å². The van der Waals surface area contributed by atoms with Crippen molar-refractivity contribution in [2.75, 3.05) is 20.0 Å². The maximum absolute atomic E-state index is 13.2. The predicted molar refractivity (Wildman–Crippen MR) is 99.6 cm³/mol. The Labute approximate surface area is 157 Å². The number of carboxylic acids is 1. The van der Waals surface area contributed by atoms with E-state index in [0.717, 1.165) is 37.7 Å². The van der Waals surface area contributed by atoms with Crippen LogP contribution in [0.4, 0.5) is 0 Å². The molecule has 6 nitrogen and oxygen atoms in total. The van der Waals surface area contributed by atoms with Gasteiger partial charge in [0.15, 0.2) is 11.5 Å². The lowest BCUT2D eigenvalue weighted by Crippen LogP contribution is -2.46. The van der Waals surface area contributed by atoms with Crippen molar-refractivity contribution in [3.63, 3.8) is 0 Å². The first-order valence-electron chi connectivity index (χ1n) is 8.95. The molecule has 26 heavy (non-hydrogen) atoms. The third-order valence-corrected chi connectivity index (χ3v) is 6.51. The molecule has 1 aromatic rings. The van der Waals surface area contributed by atoms with Crippen LogP contribution in [0.25, 0.3) is 0 Å². The molecule has 1 saturated heterocycles. The normalized spacial score (nSPS) is 23.7. The number of benzene rings is 1. The zero-order chi connectivity index (χ0) is 18.7. The van der Waals surface area contributed by atoms with E-state index in [1.165, 1.54) is 11.8 Å². The molecule has 3 rings (SSSR count). The molecule has 7 heteroatoms. The van der Waals surface area contributed by atoms with E-state index in [-0.39, 0.29) is 17.2 Å². The minimum Gasteiger partial charge on any atom is -0.493 e. The molecule has 0 spiro atoms. The van der Waals surface area contributed by atoms with Crippen LogP contribution in [0, 0.1) is 5.92 Å². The van der Waals surface area contributed by atoms with Crippen molar-refractivity contribution in [3.8, 4) is 11.5 Å². The van der Waals surface area contributed by atoms with Crippen molar-refractivity contribution in [1.29, 1.82) is 0 Å². The number of thioether (sulfide) groups is 1. The minimum atomic E-state index is -0.940. The zero-order valence-corrected chi connectivity index (χ0v) is 16.0. The first-order chi connectivity index (χ1) is 12.6. The van der Waals surface area contributed by atoms with Crippen LogP contribution in [0.15, 0.2) is 18.2 Å². The van der Waals surface area contributed by atoms with Crippen LogP contribution in [-0.2, 0) is 9.59 Å².